The minimum atomic E-state index is 0.562. The first-order valence-corrected chi connectivity index (χ1v) is 22.7. The van der Waals surface area contributed by atoms with Gasteiger partial charge in [0.15, 0.2) is 99.1 Å². The number of fused-ring (bicyclic) bond motifs is 20. The second-order valence-corrected chi connectivity index (χ2v) is 17.3. The Labute approximate surface area is 389 Å². The zero-order valence-electron chi connectivity index (χ0n) is 36.8. The fraction of sp³-hybridized carbons (Fsp3) is 0.0714. The predicted octanol–water partition coefficient (Wildman–Crippen LogP) is 8.21. The normalized spacial score (nSPS) is 11.8. The molecule has 9 heterocycles. The molecule has 0 saturated heterocycles. The smallest absolute Gasteiger partial charge is 0.173 e. The minimum absolute atomic E-state index is 0.562. The van der Waals surface area contributed by atoms with Crippen LogP contribution in [0, 0.1) is 0 Å². The lowest BCUT2D eigenvalue weighted by Crippen LogP contribution is -2.32. The van der Waals surface area contributed by atoms with Gasteiger partial charge >= 0.3 is 0 Å². The zero-order chi connectivity index (χ0) is 45.0. The molecular weight excluding hydrogens is 841 g/mol. The van der Waals surface area contributed by atoms with Gasteiger partial charge in [-0.3, -0.25) is 0 Å². The molecule has 4 aromatic carbocycles. The molecule has 13 rings (SSSR count). The van der Waals surface area contributed by atoms with Gasteiger partial charge in [0, 0.05) is 115 Å². The van der Waals surface area contributed by atoms with Crippen molar-refractivity contribution in [2.24, 2.45) is 0 Å². The fourth-order valence-electron chi connectivity index (χ4n) is 9.38. The number of hydrogen-bond acceptors (Lipinski definition) is 6. The molecule has 12 nitrogen and oxygen atoms in total. The van der Waals surface area contributed by atoms with Gasteiger partial charge < -0.3 is 9.97 Å². The number of pyridine rings is 4. The molecule has 2 aliphatic rings. The summed E-state index contributed by atoms with van der Waals surface area (Å²) in [6.07, 6.45) is 16.6. The van der Waals surface area contributed by atoms with Crippen molar-refractivity contribution in [2.75, 3.05) is 0 Å². The molecule has 0 fully saturated rings. The van der Waals surface area contributed by atoms with E-state index in [9.17, 15) is 0 Å². The number of H-pyrrole nitrogens is 2. The van der Waals surface area contributed by atoms with Gasteiger partial charge in [-0.25, -0.2) is 48.2 Å². The van der Waals surface area contributed by atoms with Crippen molar-refractivity contribution in [3.63, 3.8) is 0 Å². The molecule has 0 unspecified atom stereocenters. The minimum Gasteiger partial charge on any atom is -0.324 e. The summed E-state index contributed by atoms with van der Waals surface area (Å²) in [5, 5.41) is 3.71. The van der Waals surface area contributed by atoms with Crippen molar-refractivity contribution < 1.29 is 18.3 Å². The number of aromatic nitrogens is 12. The van der Waals surface area contributed by atoms with Crippen molar-refractivity contribution in [3.8, 4) is 45.6 Å². The van der Waals surface area contributed by atoms with Crippen LogP contribution in [0.3, 0.4) is 0 Å². The number of nitrogens with one attached hydrogen (secondary N) is 2. The van der Waals surface area contributed by atoms with Crippen LogP contribution in [0.25, 0.3) is 89.7 Å². The summed E-state index contributed by atoms with van der Waals surface area (Å²) in [7, 11) is 0. The lowest BCUT2D eigenvalue weighted by molar-refractivity contribution is -0.688. The molecule has 0 aliphatic carbocycles. The largest absolute Gasteiger partial charge is 0.324 e. The average molecular weight is 883 g/mol. The van der Waals surface area contributed by atoms with Crippen molar-refractivity contribution in [1.82, 2.24) is 39.9 Å². The molecule has 0 saturated carbocycles. The van der Waals surface area contributed by atoms with Crippen LogP contribution in [0.15, 0.2) is 195 Å². The van der Waals surface area contributed by atoms with Crippen molar-refractivity contribution in [3.05, 3.63) is 217 Å². The lowest BCUT2D eigenvalue weighted by Gasteiger charge is -2.03. The Morgan fingerprint density at radius 3 is 0.926 bits per heavy atom. The summed E-state index contributed by atoms with van der Waals surface area (Å²) < 4.78 is 8.65. The molecular formula is C56H42N12+4. The van der Waals surface area contributed by atoms with Gasteiger partial charge in [-0.15, -0.1) is 0 Å². The highest BCUT2D eigenvalue weighted by molar-refractivity contribution is 6.06. The first-order chi connectivity index (χ1) is 33.6. The molecule has 2 aliphatic heterocycles. The first kappa shape index (κ1) is 39.2. The summed E-state index contributed by atoms with van der Waals surface area (Å²) in [4.78, 5) is 39.3. The summed E-state index contributed by atoms with van der Waals surface area (Å²) in [5.41, 5.74) is 10.7. The molecule has 322 valence electrons. The number of nitrogens with zero attached hydrogens (tertiary/aromatic N) is 10. The maximum absolute atomic E-state index is 5.37. The van der Waals surface area contributed by atoms with Crippen LogP contribution in [-0.4, -0.2) is 39.9 Å². The van der Waals surface area contributed by atoms with E-state index in [4.69, 9.17) is 29.9 Å². The summed E-state index contributed by atoms with van der Waals surface area (Å²) in [6.45, 7) is 2.76. The van der Waals surface area contributed by atoms with E-state index in [1.165, 1.54) is 0 Å². The molecule has 68 heavy (non-hydrogen) atoms. The van der Waals surface area contributed by atoms with Gasteiger partial charge in [-0.1, -0.05) is 60.7 Å². The maximum atomic E-state index is 5.37. The van der Waals surface area contributed by atoms with Gasteiger partial charge in [-0.2, -0.15) is 0 Å². The Morgan fingerprint density at radius 1 is 0.279 bits per heavy atom. The fourth-order valence-corrected chi connectivity index (χ4v) is 9.38. The molecule has 0 radical (unpaired) electrons. The van der Waals surface area contributed by atoms with Crippen molar-refractivity contribution in [1.29, 1.82) is 0 Å². The second-order valence-electron chi connectivity index (χ2n) is 17.3. The van der Waals surface area contributed by atoms with E-state index >= 15 is 0 Å². The van der Waals surface area contributed by atoms with E-state index in [1.807, 2.05) is 72.8 Å². The standard InChI is InChI=1S/C56H42N12/c1-5-21-65(22-6-1)33-37-13-17-41-45(29-37)53-57-49(41)62-54-47-31-39(35-67-25-9-3-10-26-67)15-19-43(47)51(59-54)64-56-48-32-40(36-68-27-11-4-12-28-68)16-20-44(48)52(60-56)63-55-46-30-38(34-66-23-7-2-8-24-66)14-18-42(46)50(58-55)61-53/h1-32H,33-36H2,(H2,57,58,59,60,61,62,63,64)/q+4. The number of aromatic amines is 2. The molecule has 8 bridgehead atoms. The Bertz CT molecular complexity index is 3650. The number of rotatable bonds is 8. The third-order valence-corrected chi connectivity index (χ3v) is 12.7. The maximum Gasteiger partial charge on any atom is 0.173 e. The molecule has 2 N–H and O–H groups in total. The molecule has 0 atom stereocenters. The van der Waals surface area contributed by atoms with Crippen LogP contribution in [0.4, 0.5) is 0 Å². The van der Waals surface area contributed by atoms with Crippen LogP contribution in [0.2, 0.25) is 0 Å². The van der Waals surface area contributed by atoms with Crippen LogP contribution >= 0.6 is 0 Å². The van der Waals surface area contributed by atoms with E-state index in [2.05, 4.69) is 151 Å². The van der Waals surface area contributed by atoms with Crippen LogP contribution in [0.5, 0.6) is 0 Å². The van der Waals surface area contributed by atoms with E-state index in [0.29, 0.717) is 72.1 Å². The Morgan fingerprint density at radius 2 is 0.574 bits per heavy atom. The summed E-state index contributed by atoms with van der Waals surface area (Å²) >= 11 is 0. The lowest BCUT2D eigenvalue weighted by atomic mass is 10.0. The summed E-state index contributed by atoms with van der Waals surface area (Å²) in [6, 6.07) is 50.4. The first-order valence-electron chi connectivity index (χ1n) is 22.7. The van der Waals surface area contributed by atoms with Crippen LogP contribution < -0.4 is 18.3 Å². The average Bonchev–Trinajstić information content (AvgIpc) is 4.10. The van der Waals surface area contributed by atoms with Gasteiger partial charge in [0.25, 0.3) is 0 Å². The molecule has 0 spiro atoms. The molecule has 7 aromatic heterocycles. The third-order valence-electron chi connectivity index (χ3n) is 12.7. The van der Waals surface area contributed by atoms with Crippen LogP contribution in [0.1, 0.15) is 22.3 Å². The summed E-state index contributed by atoms with van der Waals surface area (Å²) in [5.74, 6) is 2.25. The van der Waals surface area contributed by atoms with Crippen LogP contribution in [-0.2, 0) is 26.2 Å². The van der Waals surface area contributed by atoms with Gasteiger partial charge in [-0.05, 0) is 36.4 Å². The highest BCUT2D eigenvalue weighted by Gasteiger charge is 2.24. The SMILES string of the molecule is c1cc[n+](Cc2ccc3c(c2)-c2nc-3nc3[nH]c(nc4nc(nc5[nH]c(n2)c2ccc(C[n+]6ccccc6)cc52)-c2ccc(C[n+]5ccccc5)cc2-4)c2ccc(C[n+]4ccccc4)cc32)cc1. The second kappa shape index (κ2) is 16.4. The quantitative estimate of drug-likeness (QED) is 0.148. The van der Waals surface area contributed by atoms with E-state index < -0.39 is 0 Å². The van der Waals surface area contributed by atoms with E-state index in [-0.39, 0.29) is 0 Å². The highest BCUT2D eigenvalue weighted by atomic mass is 15.1. The van der Waals surface area contributed by atoms with Gasteiger partial charge in [0.2, 0.25) is 0 Å². The highest BCUT2D eigenvalue weighted by Crippen LogP contribution is 2.38. The van der Waals surface area contributed by atoms with Gasteiger partial charge in [0.1, 0.15) is 22.6 Å². The Balaban J connectivity index is 1.08. The zero-order valence-corrected chi connectivity index (χ0v) is 36.8. The third kappa shape index (κ3) is 7.39. The Hall–Kier alpha value is -9.16. The molecule has 12 heteroatoms. The molecule has 11 aromatic rings. The topological polar surface area (TPSA) is 124 Å². The Kier molecular flexibility index (Phi) is 9.44. The van der Waals surface area contributed by atoms with Crippen molar-refractivity contribution >= 4 is 44.1 Å². The number of hydrogen-bond donors (Lipinski definition) is 2. The monoisotopic (exact) mass is 882 g/mol. The van der Waals surface area contributed by atoms with Gasteiger partial charge in [0.05, 0.1) is 0 Å². The van der Waals surface area contributed by atoms with E-state index in [0.717, 1.165) is 66.1 Å². The van der Waals surface area contributed by atoms with Crippen molar-refractivity contribution in [2.45, 2.75) is 26.2 Å². The predicted molar refractivity (Wildman–Crippen MR) is 259 cm³/mol. The van der Waals surface area contributed by atoms with E-state index in [1.54, 1.807) is 0 Å². The number of benzene rings is 4. The molecule has 0 amide bonds.